The smallest absolute Gasteiger partial charge is 0.328 e. The number of carboxylic acids is 1. The molecule has 0 saturated heterocycles. The maximum atomic E-state index is 10.9. The Morgan fingerprint density at radius 2 is 2.31 bits per heavy atom. The minimum atomic E-state index is -0.957. The first-order valence-electron chi connectivity index (χ1n) is 4.67. The Morgan fingerprint density at radius 3 is 2.88 bits per heavy atom. The molecule has 2 aromatic heterocycles. The highest BCUT2D eigenvalue weighted by Gasteiger charge is 2.20. The van der Waals surface area contributed by atoms with Crippen LogP contribution in [0.4, 0.5) is 0 Å². The van der Waals surface area contributed by atoms with Gasteiger partial charge in [0.1, 0.15) is 0 Å². The lowest BCUT2D eigenvalue weighted by Gasteiger charge is -2.06. The Kier molecular flexibility index (Phi) is 2.69. The van der Waals surface area contributed by atoms with Gasteiger partial charge in [-0.3, -0.25) is 0 Å². The first-order valence-corrected chi connectivity index (χ1v) is 5.48. The highest BCUT2D eigenvalue weighted by Crippen LogP contribution is 2.26. The standard InChI is InChI=1S/C9H10N4O2S/c1-5-3-4-7(16-5)8-10-11-12-13(8)6(2)9(14)15/h3-4,6H,1-2H3,(H,14,15). The number of tetrazole rings is 1. The van der Waals surface area contributed by atoms with Crippen molar-refractivity contribution in [2.45, 2.75) is 19.9 Å². The molecule has 16 heavy (non-hydrogen) atoms. The summed E-state index contributed by atoms with van der Waals surface area (Å²) in [6, 6.07) is 3.06. The molecule has 84 valence electrons. The Hall–Kier alpha value is -1.76. The molecule has 1 atom stereocenters. The predicted molar refractivity (Wildman–Crippen MR) is 58.2 cm³/mol. The normalized spacial score (nSPS) is 12.6. The number of carbonyl (C=O) groups is 1. The van der Waals surface area contributed by atoms with Gasteiger partial charge < -0.3 is 5.11 Å². The quantitative estimate of drug-likeness (QED) is 0.873. The molecule has 0 bridgehead atoms. The largest absolute Gasteiger partial charge is 0.480 e. The van der Waals surface area contributed by atoms with E-state index >= 15 is 0 Å². The van der Waals surface area contributed by atoms with Gasteiger partial charge >= 0.3 is 5.97 Å². The highest BCUT2D eigenvalue weighted by molar-refractivity contribution is 7.15. The summed E-state index contributed by atoms with van der Waals surface area (Å²) in [5.41, 5.74) is 0. The van der Waals surface area contributed by atoms with Crippen molar-refractivity contribution in [2.75, 3.05) is 0 Å². The molecule has 0 aliphatic heterocycles. The third-order valence-corrected chi connectivity index (χ3v) is 3.17. The number of nitrogens with zero attached hydrogens (tertiary/aromatic N) is 4. The second-order valence-corrected chi connectivity index (χ2v) is 4.66. The van der Waals surface area contributed by atoms with Crippen LogP contribution in [0.15, 0.2) is 12.1 Å². The van der Waals surface area contributed by atoms with Crippen LogP contribution in [0.25, 0.3) is 10.7 Å². The molecular formula is C9H10N4O2S. The Bertz CT molecular complexity index is 519. The molecule has 0 saturated carbocycles. The van der Waals surface area contributed by atoms with Crippen molar-refractivity contribution >= 4 is 17.3 Å². The monoisotopic (exact) mass is 238 g/mol. The van der Waals surface area contributed by atoms with Crippen LogP contribution in [0.3, 0.4) is 0 Å². The minimum absolute atomic E-state index is 0.494. The van der Waals surface area contributed by atoms with Gasteiger partial charge in [0.15, 0.2) is 11.9 Å². The van der Waals surface area contributed by atoms with Crippen LogP contribution >= 0.6 is 11.3 Å². The maximum absolute atomic E-state index is 10.9. The van der Waals surface area contributed by atoms with Crippen LogP contribution in [0.1, 0.15) is 17.8 Å². The summed E-state index contributed by atoms with van der Waals surface area (Å²) < 4.78 is 1.31. The van der Waals surface area contributed by atoms with Crippen LogP contribution in [0.2, 0.25) is 0 Å². The van der Waals surface area contributed by atoms with E-state index in [9.17, 15) is 4.79 Å². The molecule has 0 aliphatic carbocycles. The lowest BCUT2D eigenvalue weighted by molar-refractivity contribution is -0.140. The topological polar surface area (TPSA) is 80.9 Å². The first-order chi connectivity index (χ1) is 7.59. The second kappa shape index (κ2) is 4.01. The molecule has 0 radical (unpaired) electrons. The van der Waals surface area contributed by atoms with Crippen LogP contribution in [-0.4, -0.2) is 31.3 Å². The molecule has 0 spiro atoms. The van der Waals surface area contributed by atoms with Gasteiger partial charge in [0.25, 0.3) is 0 Å². The molecule has 2 aromatic rings. The maximum Gasteiger partial charge on any atom is 0.328 e. The van der Waals surface area contributed by atoms with E-state index in [2.05, 4.69) is 15.5 Å². The highest BCUT2D eigenvalue weighted by atomic mass is 32.1. The Morgan fingerprint density at radius 1 is 1.56 bits per heavy atom. The van der Waals surface area contributed by atoms with Gasteiger partial charge in [0.05, 0.1) is 4.88 Å². The van der Waals surface area contributed by atoms with Crippen LogP contribution in [0, 0.1) is 6.92 Å². The molecule has 2 heterocycles. The van der Waals surface area contributed by atoms with E-state index < -0.39 is 12.0 Å². The lowest BCUT2D eigenvalue weighted by atomic mass is 10.3. The zero-order valence-electron chi connectivity index (χ0n) is 8.78. The number of hydrogen-bond acceptors (Lipinski definition) is 5. The van der Waals surface area contributed by atoms with Crippen molar-refractivity contribution in [3.8, 4) is 10.7 Å². The number of aliphatic carboxylic acids is 1. The van der Waals surface area contributed by atoms with E-state index in [4.69, 9.17) is 5.11 Å². The number of aryl methyl sites for hydroxylation is 1. The van der Waals surface area contributed by atoms with Crippen molar-refractivity contribution in [3.63, 3.8) is 0 Å². The fourth-order valence-electron chi connectivity index (χ4n) is 1.28. The fourth-order valence-corrected chi connectivity index (χ4v) is 2.12. The summed E-state index contributed by atoms with van der Waals surface area (Å²) in [7, 11) is 0. The Balaban J connectivity index is 2.43. The van der Waals surface area contributed by atoms with Gasteiger partial charge in [-0.25, -0.2) is 9.48 Å². The summed E-state index contributed by atoms with van der Waals surface area (Å²) in [5, 5.41) is 20.0. The van der Waals surface area contributed by atoms with E-state index in [1.165, 1.54) is 16.0 Å². The molecule has 1 N–H and O–H groups in total. The SMILES string of the molecule is Cc1ccc(-c2nnnn2C(C)C(=O)O)s1. The van der Waals surface area contributed by atoms with E-state index in [0.29, 0.717) is 5.82 Å². The number of aromatic nitrogens is 4. The molecule has 0 aliphatic rings. The summed E-state index contributed by atoms with van der Waals surface area (Å²) in [6.45, 7) is 3.52. The molecule has 7 heteroatoms. The minimum Gasteiger partial charge on any atom is -0.480 e. The van der Waals surface area contributed by atoms with E-state index in [-0.39, 0.29) is 0 Å². The van der Waals surface area contributed by atoms with Gasteiger partial charge in [-0.2, -0.15) is 0 Å². The van der Waals surface area contributed by atoms with Crippen molar-refractivity contribution in [2.24, 2.45) is 0 Å². The molecule has 6 nitrogen and oxygen atoms in total. The molecule has 2 rings (SSSR count). The first kappa shape index (κ1) is 10.7. The van der Waals surface area contributed by atoms with Gasteiger partial charge in [-0.1, -0.05) is 0 Å². The molecular weight excluding hydrogens is 228 g/mol. The van der Waals surface area contributed by atoms with Gasteiger partial charge in [0.2, 0.25) is 0 Å². The van der Waals surface area contributed by atoms with Gasteiger partial charge in [-0.15, -0.1) is 16.4 Å². The van der Waals surface area contributed by atoms with Crippen LogP contribution in [-0.2, 0) is 4.79 Å². The average molecular weight is 238 g/mol. The van der Waals surface area contributed by atoms with Gasteiger partial charge in [-0.05, 0) is 36.4 Å². The zero-order chi connectivity index (χ0) is 11.7. The van der Waals surface area contributed by atoms with Crippen molar-refractivity contribution in [1.29, 1.82) is 0 Å². The average Bonchev–Trinajstić information content (AvgIpc) is 2.83. The summed E-state index contributed by atoms with van der Waals surface area (Å²) in [6.07, 6.45) is 0. The van der Waals surface area contributed by atoms with Crippen LogP contribution < -0.4 is 0 Å². The number of rotatable bonds is 3. The molecule has 1 unspecified atom stereocenters. The zero-order valence-corrected chi connectivity index (χ0v) is 9.60. The molecule has 0 amide bonds. The summed E-state index contributed by atoms with van der Waals surface area (Å²) in [4.78, 5) is 12.9. The van der Waals surface area contributed by atoms with E-state index in [1.54, 1.807) is 6.92 Å². The number of thiophene rings is 1. The Labute approximate surface area is 95.5 Å². The van der Waals surface area contributed by atoms with E-state index in [1.807, 2.05) is 19.1 Å². The van der Waals surface area contributed by atoms with Crippen molar-refractivity contribution in [1.82, 2.24) is 20.2 Å². The fraction of sp³-hybridized carbons (Fsp3) is 0.333. The number of carboxylic acid groups (broad SMARTS) is 1. The van der Waals surface area contributed by atoms with Crippen molar-refractivity contribution in [3.05, 3.63) is 17.0 Å². The third kappa shape index (κ3) is 1.81. The lowest BCUT2D eigenvalue weighted by Crippen LogP contribution is -2.17. The third-order valence-electron chi connectivity index (χ3n) is 2.18. The van der Waals surface area contributed by atoms with Gasteiger partial charge in [0, 0.05) is 4.88 Å². The number of hydrogen-bond donors (Lipinski definition) is 1. The summed E-state index contributed by atoms with van der Waals surface area (Å²) in [5.74, 6) is -0.463. The summed E-state index contributed by atoms with van der Waals surface area (Å²) >= 11 is 1.53. The second-order valence-electron chi connectivity index (χ2n) is 3.37. The molecule has 0 fully saturated rings. The van der Waals surface area contributed by atoms with Crippen molar-refractivity contribution < 1.29 is 9.90 Å². The molecule has 0 aromatic carbocycles. The van der Waals surface area contributed by atoms with E-state index in [0.717, 1.165) is 9.75 Å². The van der Waals surface area contributed by atoms with Crippen LogP contribution in [0.5, 0.6) is 0 Å². The predicted octanol–water partition coefficient (Wildman–Crippen LogP) is 1.36.